The summed E-state index contributed by atoms with van der Waals surface area (Å²) in [4.78, 5) is 17.7. The molecule has 0 aliphatic carbocycles. The molecule has 1 aromatic carbocycles. The zero-order valence-electron chi connectivity index (χ0n) is 15.4. The van der Waals surface area contributed by atoms with Gasteiger partial charge in [0, 0.05) is 5.56 Å². The van der Waals surface area contributed by atoms with E-state index in [1.54, 1.807) is 31.2 Å². The number of ketones is 1. The Morgan fingerprint density at radius 3 is 2.70 bits per heavy atom. The molecule has 0 amide bonds. The summed E-state index contributed by atoms with van der Waals surface area (Å²) in [6, 6.07) is 10.1. The van der Waals surface area contributed by atoms with Crippen molar-refractivity contribution in [3.05, 3.63) is 71.0 Å². The molecule has 0 saturated heterocycles. The van der Waals surface area contributed by atoms with Gasteiger partial charge in [0.2, 0.25) is 11.7 Å². The number of aromatic hydroxyl groups is 2. The predicted octanol–water partition coefficient (Wildman–Crippen LogP) is 5.54. The second-order valence-electron chi connectivity index (χ2n) is 6.57. The standard InChI is InChI=1S/C21H13ClN2O5S/c1-10-5-6-13(29-10)18(25)15-17(11-7-8-28-9-11)24(20(27)19(15)26)21-23-16-12(22)3-2-4-14(16)30-21/h2-9,26-27H,1H3. The fourth-order valence-corrected chi connectivity index (χ4v) is 4.57. The number of aromatic nitrogens is 2. The Hall–Kier alpha value is -3.49. The lowest BCUT2D eigenvalue weighted by molar-refractivity contribution is 0.101. The first-order chi connectivity index (χ1) is 14.5. The Labute approximate surface area is 178 Å². The third-order valence-corrected chi connectivity index (χ3v) is 5.97. The van der Waals surface area contributed by atoms with E-state index in [1.165, 1.54) is 34.5 Å². The van der Waals surface area contributed by atoms with Crippen LogP contribution in [0.1, 0.15) is 21.9 Å². The first kappa shape index (κ1) is 18.5. The van der Waals surface area contributed by atoms with E-state index in [0.29, 0.717) is 27.0 Å². The molecule has 0 fully saturated rings. The lowest BCUT2D eigenvalue weighted by atomic mass is 10.0. The van der Waals surface area contributed by atoms with Crippen molar-refractivity contribution in [1.82, 2.24) is 9.55 Å². The summed E-state index contributed by atoms with van der Waals surface area (Å²) in [5, 5.41) is 22.3. The fraction of sp³-hybridized carbons (Fsp3) is 0.0476. The average Bonchev–Trinajstić information content (AvgIpc) is 3.49. The number of halogens is 1. The summed E-state index contributed by atoms with van der Waals surface area (Å²) >= 11 is 7.50. The maximum Gasteiger partial charge on any atom is 0.242 e. The Balaban J connectivity index is 1.81. The zero-order chi connectivity index (χ0) is 21.0. The molecule has 0 bridgehead atoms. The molecule has 7 nitrogen and oxygen atoms in total. The minimum atomic E-state index is -0.579. The predicted molar refractivity (Wildman–Crippen MR) is 112 cm³/mol. The van der Waals surface area contributed by atoms with Crippen LogP contribution in [-0.4, -0.2) is 25.5 Å². The number of fused-ring (bicyclic) bond motifs is 1. The highest BCUT2D eigenvalue weighted by molar-refractivity contribution is 7.21. The van der Waals surface area contributed by atoms with Gasteiger partial charge in [-0.3, -0.25) is 9.36 Å². The Morgan fingerprint density at radius 2 is 2.03 bits per heavy atom. The molecule has 2 N–H and O–H groups in total. The lowest BCUT2D eigenvalue weighted by Gasteiger charge is -2.06. The monoisotopic (exact) mass is 440 g/mol. The van der Waals surface area contributed by atoms with Gasteiger partial charge < -0.3 is 19.0 Å². The van der Waals surface area contributed by atoms with Crippen LogP contribution in [0, 0.1) is 6.92 Å². The van der Waals surface area contributed by atoms with Gasteiger partial charge in [0.15, 0.2) is 16.6 Å². The zero-order valence-corrected chi connectivity index (χ0v) is 17.0. The fourth-order valence-electron chi connectivity index (χ4n) is 3.30. The average molecular weight is 441 g/mol. The molecule has 0 atom stereocenters. The summed E-state index contributed by atoms with van der Waals surface area (Å²) in [7, 11) is 0. The molecular formula is C21H13ClN2O5S. The van der Waals surface area contributed by atoms with Crippen LogP contribution in [0.2, 0.25) is 5.02 Å². The van der Waals surface area contributed by atoms with Crippen molar-refractivity contribution in [2.75, 3.05) is 0 Å². The van der Waals surface area contributed by atoms with Gasteiger partial charge in [0.25, 0.3) is 0 Å². The van der Waals surface area contributed by atoms with E-state index in [9.17, 15) is 15.0 Å². The molecule has 5 rings (SSSR count). The summed E-state index contributed by atoms with van der Waals surface area (Å²) in [5.41, 5.74) is 1.14. The number of hydrogen-bond donors (Lipinski definition) is 2. The van der Waals surface area contributed by atoms with Gasteiger partial charge in [-0.15, -0.1) is 0 Å². The molecule has 9 heteroatoms. The first-order valence-electron chi connectivity index (χ1n) is 8.81. The van der Waals surface area contributed by atoms with E-state index in [-0.39, 0.29) is 17.0 Å². The van der Waals surface area contributed by atoms with E-state index in [2.05, 4.69) is 4.98 Å². The van der Waals surface area contributed by atoms with Crippen LogP contribution in [0.25, 0.3) is 26.6 Å². The van der Waals surface area contributed by atoms with E-state index < -0.39 is 17.4 Å². The smallest absolute Gasteiger partial charge is 0.242 e. The SMILES string of the molecule is Cc1ccc(C(=O)c2c(O)c(O)n(-c3nc4c(Cl)cccc4s3)c2-c2ccoc2)o1. The van der Waals surface area contributed by atoms with Crippen LogP contribution >= 0.6 is 22.9 Å². The lowest BCUT2D eigenvalue weighted by Crippen LogP contribution is -2.03. The maximum absolute atomic E-state index is 13.2. The Kier molecular flexibility index (Phi) is 4.19. The number of para-hydroxylation sites is 1. The van der Waals surface area contributed by atoms with Gasteiger partial charge >= 0.3 is 0 Å². The summed E-state index contributed by atoms with van der Waals surface area (Å²) in [5.74, 6) is -1.09. The van der Waals surface area contributed by atoms with Crippen molar-refractivity contribution in [3.8, 4) is 28.0 Å². The highest BCUT2D eigenvalue weighted by atomic mass is 35.5. The molecule has 0 unspecified atom stereocenters. The summed E-state index contributed by atoms with van der Waals surface area (Å²) < 4.78 is 12.7. The minimum Gasteiger partial charge on any atom is -0.503 e. The van der Waals surface area contributed by atoms with Crippen LogP contribution in [0.4, 0.5) is 0 Å². The van der Waals surface area contributed by atoms with E-state index in [0.717, 1.165) is 4.70 Å². The van der Waals surface area contributed by atoms with E-state index >= 15 is 0 Å². The third kappa shape index (κ3) is 2.72. The van der Waals surface area contributed by atoms with Gasteiger partial charge in [0.1, 0.15) is 11.3 Å². The number of furan rings is 2. The maximum atomic E-state index is 13.2. The third-order valence-electron chi connectivity index (χ3n) is 4.66. The van der Waals surface area contributed by atoms with Gasteiger partial charge in [0.05, 0.1) is 33.5 Å². The molecule has 30 heavy (non-hydrogen) atoms. The second-order valence-corrected chi connectivity index (χ2v) is 7.98. The highest BCUT2D eigenvalue weighted by Crippen LogP contribution is 2.45. The molecule has 0 spiro atoms. The largest absolute Gasteiger partial charge is 0.503 e. The van der Waals surface area contributed by atoms with Gasteiger partial charge in [-0.25, -0.2) is 4.98 Å². The van der Waals surface area contributed by atoms with Crippen molar-refractivity contribution >= 4 is 38.9 Å². The Morgan fingerprint density at radius 1 is 1.20 bits per heavy atom. The van der Waals surface area contributed by atoms with E-state index in [4.69, 9.17) is 20.4 Å². The number of carbonyl (C=O) groups is 1. The van der Waals surface area contributed by atoms with Gasteiger partial charge in [-0.2, -0.15) is 0 Å². The van der Waals surface area contributed by atoms with Crippen molar-refractivity contribution < 1.29 is 23.8 Å². The highest BCUT2D eigenvalue weighted by Gasteiger charge is 2.32. The summed E-state index contributed by atoms with van der Waals surface area (Å²) in [6.07, 6.45) is 2.84. The topological polar surface area (TPSA) is 102 Å². The molecule has 5 aromatic rings. The molecule has 0 aliphatic heterocycles. The molecule has 0 saturated carbocycles. The number of hydrogen-bond acceptors (Lipinski definition) is 7. The summed E-state index contributed by atoms with van der Waals surface area (Å²) in [6.45, 7) is 1.71. The normalized spacial score (nSPS) is 11.4. The molecule has 4 heterocycles. The van der Waals surface area contributed by atoms with Crippen molar-refractivity contribution in [2.45, 2.75) is 6.92 Å². The van der Waals surface area contributed by atoms with Crippen LogP contribution in [0.3, 0.4) is 0 Å². The quantitative estimate of drug-likeness (QED) is 0.355. The number of carbonyl (C=O) groups excluding carboxylic acids is 1. The van der Waals surface area contributed by atoms with Gasteiger partial charge in [-0.1, -0.05) is 29.0 Å². The second kappa shape index (κ2) is 6.79. The van der Waals surface area contributed by atoms with Crippen molar-refractivity contribution in [1.29, 1.82) is 0 Å². The first-order valence-corrected chi connectivity index (χ1v) is 10.0. The Bertz CT molecular complexity index is 1410. The number of aryl methyl sites for hydroxylation is 1. The van der Waals surface area contributed by atoms with Crippen LogP contribution in [-0.2, 0) is 0 Å². The van der Waals surface area contributed by atoms with Gasteiger partial charge in [-0.05, 0) is 37.3 Å². The molecule has 0 radical (unpaired) electrons. The molecule has 4 aromatic heterocycles. The number of nitrogens with zero attached hydrogens (tertiary/aromatic N) is 2. The van der Waals surface area contributed by atoms with E-state index in [1.807, 2.05) is 6.07 Å². The number of benzene rings is 1. The molecule has 0 aliphatic rings. The number of thiazole rings is 1. The van der Waals surface area contributed by atoms with Crippen molar-refractivity contribution in [2.24, 2.45) is 0 Å². The number of rotatable bonds is 4. The molecule has 150 valence electrons. The minimum absolute atomic E-state index is 0.0389. The van der Waals surface area contributed by atoms with Crippen molar-refractivity contribution in [3.63, 3.8) is 0 Å². The van der Waals surface area contributed by atoms with Crippen LogP contribution in [0.15, 0.2) is 57.8 Å². The molecular weight excluding hydrogens is 428 g/mol. The van der Waals surface area contributed by atoms with Crippen LogP contribution in [0.5, 0.6) is 11.6 Å². The van der Waals surface area contributed by atoms with Crippen LogP contribution < -0.4 is 0 Å².